The number of hydrogen-bond donors (Lipinski definition) is 0. The van der Waals surface area contributed by atoms with Gasteiger partial charge in [0.2, 0.25) is 0 Å². The molecule has 0 aromatic heterocycles. The van der Waals surface area contributed by atoms with E-state index < -0.39 is 17.0 Å². The van der Waals surface area contributed by atoms with Crippen LogP contribution >= 0.6 is 0 Å². The molecular formula is C19H36O4. The van der Waals surface area contributed by atoms with E-state index in [2.05, 4.69) is 0 Å². The van der Waals surface area contributed by atoms with Crippen molar-refractivity contribution in [2.75, 3.05) is 6.61 Å². The van der Waals surface area contributed by atoms with Crippen molar-refractivity contribution in [3.8, 4) is 0 Å². The summed E-state index contributed by atoms with van der Waals surface area (Å²) in [5.41, 5.74) is -1.04. The lowest BCUT2D eigenvalue weighted by Crippen LogP contribution is -2.39. The largest absolute Gasteiger partial charge is 0.457 e. The lowest BCUT2D eigenvalue weighted by Gasteiger charge is -2.36. The van der Waals surface area contributed by atoms with Gasteiger partial charge in [0.1, 0.15) is 5.60 Å². The molecule has 0 aromatic rings. The summed E-state index contributed by atoms with van der Waals surface area (Å²) in [6.45, 7) is 13.2. The molecule has 4 nitrogen and oxygen atoms in total. The minimum Gasteiger partial charge on any atom is -0.457 e. The van der Waals surface area contributed by atoms with E-state index in [1.807, 2.05) is 48.5 Å². The van der Waals surface area contributed by atoms with Gasteiger partial charge >= 0.3 is 11.9 Å². The van der Waals surface area contributed by atoms with Crippen molar-refractivity contribution in [1.82, 2.24) is 0 Å². The van der Waals surface area contributed by atoms with E-state index in [0.717, 1.165) is 12.8 Å². The zero-order valence-corrected chi connectivity index (χ0v) is 16.2. The maximum atomic E-state index is 11.9. The summed E-state index contributed by atoms with van der Waals surface area (Å²) >= 11 is 0. The molecule has 136 valence electrons. The lowest BCUT2D eigenvalue weighted by atomic mass is 9.79. The zero-order chi connectivity index (χ0) is 18.1. The molecule has 0 heterocycles. The Morgan fingerprint density at radius 1 is 1.00 bits per heavy atom. The summed E-state index contributed by atoms with van der Waals surface area (Å²) in [6, 6.07) is 0. The summed E-state index contributed by atoms with van der Waals surface area (Å²) in [5, 5.41) is 0. The fraction of sp³-hybridized carbons (Fsp3) is 0.895. The highest BCUT2D eigenvalue weighted by Gasteiger charge is 2.35. The maximum Gasteiger partial charge on any atom is 0.344 e. The zero-order valence-electron chi connectivity index (χ0n) is 16.2. The summed E-state index contributed by atoms with van der Waals surface area (Å²) in [6.07, 6.45) is 6.54. The van der Waals surface area contributed by atoms with Crippen molar-refractivity contribution in [3.05, 3.63) is 0 Å². The van der Waals surface area contributed by atoms with Crippen LogP contribution in [0.2, 0.25) is 0 Å². The normalized spacial score (nSPS) is 16.1. The third-order valence-corrected chi connectivity index (χ3v) is 4.72. The molecule has 23 heavy (non-hydrogen) atoms. The molecule has 1 fully saturated rings. The van der Waals surface area contributed by atoms with Gasteiger partial charge in [-0.05, 0) is 52.9 Å². The van der Waals surface area contributed by atoms with Crippen molar-refractivity contribution >= 4 is 11.9 Å². The minimum absolute atomic E-state index is 0.293. The molecule has 0 bridgehead atoms. The Kier molecular flexibility index (Phi) is 9.48. The predicted molar refractivity (Wildman–Crippen MR) is 93.1 cm³/mol. The van der Waals surface area contributed by atoms with Gasteiger partial charge in [0.25, 0.3) is 0 Å². The Labute approximate surface area is 142 Å². The topological polar surface area (TPSA) is 52.6 Å². The lowest BCUT2D eigenvalue weighted by molar-refractivity contribution is -0.175. The third-order valence-electron chi connectivity index (χ3n) is 4.72. The first kappa shape index (κ1) is 21.9. The molecule has 0 radical (unpaired) electrons. The number of hydrogen-bond acceptors (Lipinski definition) is 4. The van der Waals surface area contributed by atoms with Crippen molar-refractivity contribution < 1.29 is 19.1 Å². The molecule has 0 aromatic carbocycles. The second-order valence-corrected chi connectivity index (χ2v) is 7.23. The Bertz CT molecular complexity index is 366. The molecule has 4 heteroatoms. The summed E-state index contributed by atoms with van der Waals surface area (Å²) in [7, 11) is 0. The highest BCUT2D eigenvalue weighted by atomic mass is 16.6. The summed E-state index contributed by atoms with van der Waals surface area (Å²) in [5.74, 6) is -0.402. The average Bonchev–Trinajstić information content (AvgIpc) is 2.54. The van der Waals surface area contributed by atoms with Gasteiger partial charge in [-0.2, -0.15) is 0 Å². The fourth-order valence-corrected chi connectivity index (χ4v) is 2.67. The molecule has 1 saturated carbocycles. The highest BCUT2D eigenvalue weighted by molar-refractivity contribution is 5.79. The van der Waals surface area contributed by atoms with Crippen LogP contribution in [0.15, 0.2) is 0 Å². The van der Waals surface area contributed by atoms with E-state index in [4.69, 9.17) is 9.47 Å². The summed E-state index contributed by atoms with van der Waals surface area (Å²) < 4.78 is 10.6. The second kappa shape index (κ2) is 9.94. The van der Waals surface area contributed by atoms with Gasteiger partial charge in [0, 0.05) is 0 Å². The minimum atomic E-state index is -0.556. The number of ether oxygens (including phenoxy) is 2. The quantitative estimate of drug-likeness (QED) is 0.651. The van der Waals surface area contributed by atoms with E-state index in [-0.39, 0.29) is 12.6 Å². The van der Waals surface area contributed by atoms with Crippen LogP contribution in [0.1, 0.15) is 87.0 Å². The van der Waals surface area contributed by atoms with E-state index >= 15 is 0 Å². The first-order chi connectivity index (χ1) is 10.7. The Hall–Kier alpha value is -1.06. The van der Waals surface area contributed by atoms with Crippen LogP contribution in [-0.2, 0) is 19.1 Å². The van der Waals surface area contributed by atoms with E-state index in [1.165, 1.54) is 19.3 Å². The van der Waals surface area contributed by atoms with Crippen LogP contribution in [0.3, 0.4) is 0 Å². The molecule has 0 N–H and O–H groups in total. The number of carbonyl (C=O) groups is 2. The fourth-order valence-electron chi connectivity index (χ4n) is 2.67. The van der Waals surface area contributed by atoms with Gasteiger partial charge < -0.3 is 9.47 Å². The SMILES string of the molecule is CC.CCC(C)(C)C(=O)OCC(=O)OC(C)(C)C1CCCCC1. The monoisotopic (exact) mass is 328 g/mol. The number of rotatable bonds is 6. The van der Waals surface area contributed by atoms with E-state index in [1.54, 1.807) is 0 Å². The van der Waals surface area contributed by atoms with E-state index in [0.29, 0.717) is 12.3 Å². The van der Waals surface area contributed by atoms with E-state index in [9.17, 15) is 9.59 Å². The maximum absolute atomic E-state index is 11.9. The van der Waals surface area contributed by atoms with Gasteiger partial charge in [0.05, 0.1) is 5.41 Å². The standard InChI is InChI=1S/C17H30O4.C2H6/c1-6-16(2,3)15(19)20-12-14(18)21-17(4,5)13-10-8-7-9-11-13;1-2/h13H,6-12H2,1-5H3;1-2H3. The van der Waals surface area contributed by atoms with Crippen LogP contribution < -0.4 is 0 Å². The predicted octanol–water partition coefficient (Wildman–Crippen LogP) is 4.89. The van der Waals surface area contributed by atoms with Crippen LogP contribution in [0.25, 0.3) is 0 Å². The number of carbonyl (C=O) groups excluding carboxylic acids is 2. The molecule has 0 saturated heterocycles. The molecular weight excluding hydrogens is 292 g/mol. The first-order valence-corrected chi connectivity index (χ1v) is 9.08. The van der Waals surface area contributed by atoms with Gasteiger partial charge in [0.15, 0.2) is 6.61 Å². The van der Waals surface area contributed by atoms with Gasteiger partial charge in [-0.15, -0.1) is 0 Å². The molecule has 1 rings (SSSR count). The van der Waals surface area contributed by atoms with Gasteiger partial charge in [-0.25, -0.2) is 4.79 Å². The Balaban J connectivity index is 0.00000232. The van der Waals surface area contributed by atoms with Crippen molar-refractivity contribution in [2.24, 2.45) is 11.3 Å². The summed E-state index contributed by atoms with van der Waals surface area (Å²) in [4.78, 5) is 23.8. The average molecular weight is 328 g/mol. The van der Waals surface area contributed by atoms with Crippen molar-refractivity contribution in [3.63, 3.8) is 0 Å². The molecule has 0 amide bonds. The van der Waals surface area contributed by atoms with Crippen LogP contribution in [-0.4, -0.2) is 24.1 Å². The smallest absolute Gasteiger partial charge is 0.344 e. The third kappa shape index (κ3) is 7.36. The van der Waals surface area contributed by atoms with Gasteiger partial charge in [-0.1, -0.05) is 40.0 Å². The van der Waals surface area contributed by atoms with Crippen LogP contribution in [0.5, 0.6) is 0 Å². The van der Waals surface area contributed by atoms with Crippen LogP contribution in [0, 0.1) is 11.3 Å². The van der Waals surface area contributed by atoms with Gasteiger partial charge in [-0.3, -0.25) is 4.79 Å². The van der Waals surface area contributed by atoms with Crippen molar-refractivity contribution in [1.29, 1.82) is 0 Å². The molecule has 0 aliphatic heterocycles. The Morgan fingerprint density at radius 3 is 2.00 bits per heavy atom. The highest BCUT2D eigenvalue weighted by Crippen LogP contribution is 2.34. The Morgan fingerprint density at radius 2 is 1.52 bits per heavy atom. The van der Waals surface area contributed by atoms with Crippen molar-refractivity contribution in [2.45, 2.75) is 92.6 Å². The second-order valence-electron chi connectivity index (χ2n) is 7.23. The molecule has 0 unspecified atom stereocenters. The first-order valence-electron chi connectivity index (χ1n) is 9.08. The number of esters is 2. The molecule has 0 atom stereocenters. The molecule has 1 aliphatic carbocycles. The molecule has 1 aliphatic rings. The molecule has 0 spiro atoms. The van der Waals surface area contributed by atoms with Crippen LogP contribution in [0.4, 0.5) is 0 Å².